The minimum Gasteiger partial charge on any atom is -0.496 e. The van der Waals surface area contributed by atoms with Crippen LogP contribution in [0.2, 0.25) is 0 Å². The van der Waals surface area contributed by atoms with E-state index in [9.17, 15) is 4.79 Å². The molecular weight excluding hydrogens is 404 g/mol. The topological polar surface area (TPSA) is 91.2 Å². The number of pyridine rings is 1. The van der Waals surface area contributed by atoms with Gasteiger partial charge in [-0.25, -0.2) is 9.97 Å². The van der Waals surface area contributed by atoms with Crippen LogP contribution in [0.25, 0.3) is 21.9 Å². The van der Waals surface area contributed by atoms with E-state index in [2.05, 4.69) is 21.9 Å². The van der Waals surface area contributed by atoms with Gasteiger partial charge in [-0.3, -0.25) is 9.36 Å². The van der Waals surface area contributed by atoms with E-state index in [-0.39, 0.29) is 5.56 Å². The van der Waals surface area contributed by atoms with Crippen LogP contribution in [0.5, 0.6) is 5.75 Å². The van der Waals surface area contributed by atoms with Gasteiger partial charge in [0, 0.05) is 36.8 Å². The highest BCUT2D eigenvalue weighted by Crippen LogP contribution is 2.23. The average molecular weight is 435 g/mol. The first-order valence-electron chi connectivity index (χ1n) is 10.9. The van der Waals surface area contributed by atoms with Crippen molar-refractivity contribution in [3.8, 4) is 5.75 Å². The van der Waals surface area contributed by atoms with E-state index in [4.69, 9.17) is 10.5 Å². The van der Waals surface area contributed by atoms with Crippen LogP contribution in [-0.4, -0.2) is 51.2 Å². The van der Waals surface area contributed by atoms with Crippen molar-refractivity contribution in [2.45, 2.75) is 25.8 Å². The van der Waals surface area contributed by atoms with Crippen molar-refractivity contribution in [1.82, 2.24) is 24.0 Å². The summed E-state index contributed by atoms with van der Waals surface area (Å²) in [7, 11) is 5.68. The van der Waals surface area contributed by atoms with Crippen molar-refractivity contribution in [3.63, 3.8) is 0 Å². The van der Waals surface area contributed by atoms with Crippen LogP contribution in [0.3, 0.4) is 0 Å². The Morgan fingerprint density at radius 2 is 1.94 bits per heavy atom. The first kappa shape index (κ1) is 21.8. The molecule has 8 nitrogen and oxygen atoms in total. The van der Waals surface area contributed by atoms with E-state index >= 15 is 0 Å². The summed E-state index contributed by atoms with van der Waals surface area (Å²) in [6.45, 7) is 2.49. The second-order valence-corrected chi connectivity index (χ2v) is 8.20. The van der Waals surface area contributed by atoms with Gasteiger partial charge in [0.15, 0.2) is 0 Å². The second kappa shape index (κ2) is 9.40. The summed E-state index contributed by atoms with van der Waals surface area (Å²) < 4.78 is 9.06. The molecule has 8 heteroatoms. The van der Waals surface area contributed by atoms with Gasteiger partial charge in [-0.15, -0.1) is 0 Å². The smallest absolute Gasteiger partial charge is 0.277 e. The fraction of sp³-hybridized carbons (Fsp3) is 0.375. The number of hydrogen-bond acceptors (Lipinski definition) is 6. The number of para-hydroxylation sites is 1. The molecule has 0 radical (unpaired) electrons. The van der Waals surface area contributed by atoms with E-state index in [0.717, 1.165) is 60.1 Å². The van der Waals surface area contributed by atoms with Crippen LogP contribution in [0.15, 0.2) is 47.7 Å². The monoisotopic (exact) mass is 434 g/mol. The van der Waals surface area contributed by atoms with Crippen LogP contribution in [0.4, 0.5) is 5.82 Å². The Hall–Kier alpha value is -3.39. The van der Waals surface area contributed by atoms with Crippen LogP contribution in [0.1, 0.15) is 18.4 Å². The molecule has 0 atom stereocenters. The van der Waals surface area contributed by atoms with Gasteiger partial charge in [0.05, 0.1) is 19.0 Å². The summed E-state index contributed by atoms with van der Waals surface area (Å²) in [6, 6.07) is 9.75. The minimum absolute atomic E-state index is 0.0132. The number of hydrogen-bond donors (Lipinski definition) is 1. The highest BCUT2D eigenvalue weighted by atomic mass is 16.5. The third-order valence-corrected chi connectivity index (χ3v) is 5.98. The lowest BCUT2D eigenvalue weighted by molar-refractivity contribution is 0.315. The number of nitrogen functional groups attached to an aromatic ring is 1. The maximum Gasteiger partial charge on any atom is 0.277 e. The highest BCUT2D eigenvalue weighted by molar-refractivity contribution is 6.05. The van der Waals surface area contributed by atoms with E-state index in [1.807, 2.05) is 35.9 Å². The fourth-order valence-electron chi connectivity index (χ4n) is 4.24. The molecule has 0 amide bonds. The largest absolute Gasteiger partial charge is 0.496 e. The summed E-state index contributed by atoms with van der Waals surface area (Å²) in [6.07, 6.45) is 6.21. The van der Waals surface area contributed by atoms with E-state index in [1.54, 1.807) is 30.3 Å². The van der Waals surface area contributed by atoms with Crippen LogP contribution in [0, 0.1) is 0 Å². The second-order valence-electron chi connectivity index (χ2n) is 8.20. The maximum absolute atomic E-state index is 13.1. The summed E-state index contributed by atoms with van der Waals surface area (Å²) >= 11 is 0. The molecule has 168 valence electrons. The maximum atomic E-state index is 13.1. The normalized spacial score (nSPS) is 11.6. The lowest BCUT2D eigenvalue weighted by Crippen LogP contribution is -2.26. The Labute approximate surface area is 187 Å². The van der Waals surface area contributed by atoms with Gasteiger partial charge >= 0.3 is 0 Å². The van der Waals surface area contributed by atoms with Gasteiger partial charge in [0.25, 0.3) is 5.56 Å². The molecule has 0 fully saturated rings. The minimum atomic E-state index is 0.0132. The first-order chi connectivity index (χ1) is 15.5. The molecule has 3 aromatic heterocycles. The fourth-order valence-corrected chi connectivity index (χ4v) is 4.24. The number of nitrogens with two attached hydrogens (primary N) is 1. The molecule has 0 saturated carbocycles. The molecule has 0 aliphatic carbocycles. The molecule has 0 spiro atoms. The number of benzene rings is 1. The van der Waals surface area contributed by atoms with E-state index < -0.39 is 0 Å². The Bertz CT molecular complexity index is 1290. The molecule has 0 bridgehead atoms. The number of rotatable bonds is 9. The van der Waals surface area contributed by atoms with Gasteiger partial charge in [-0.2, -0.15) is 0 Å². The summed E-state index contributed by atoms with van der Waals surface area (Å²) in [5, 5.41) is 1.02. The lowest BCUT2D eigenvalue weighted by Gasteiger charge is -2.17. The molecule has 0 aliphatic rings. The Balaban J connectivity index is 1.33. The molecule has 4 aromatic rings. The van der Waals surface area contributed by atoms with Gasteiger partial charge < -0.3 is 19.9 Å². The third kappa shape index (κ3) is 4.31. The van der Waals surface area contributed by atoms with Crippen molar-refractivity contribution in [2.24, 2.45) is 7.05 Å². The number of nitrogens with zero attached hydrogens (tertiary/aromatic N) is 5. The first-order valence-corrected chi connectivity index (χ1v) is 10.9. The molecule has 4 rings (SSSR count). The average Bonchev–Trinajstić information content (AvgIpc) is 3.09. The van der Waals surface area contributed by atoms with Crippen LogP contribution >= 0.6 is 0 Å². The third-order valence-electron chi connectivity index (χ3n) is 5.98. The van der Waals surface area contributed by atoms with Crippen LogP contribution < -0.4 is 16.0 Å². The zero-order chi connectivity index (χ0) is 22.7. The predicted octanol–water partition coefficient (Wildman–Crippen LogP) is 2.83. The van der Waals surface area contributed by atoms with Gasteiger partial charge in [0.1, 0.15) is 22.6 Å². The van der Waals surface area contributed by atoms with Gasteiger partial charge in [0.2, 0.25) is 0 Å². The Kier molecular flexibility index (Phi) is 6.41. The lowest BCUT2D eigenvalue weighted by atomic mass is 10.1. The number of anilines is 1. The number of aromatic nitrogens is 4. The van der Waals surface area contributed by atoms with Crippen molar-refractivity contribution in [3.05, 3.63) is 58.8 Å². The molecule has 1 aromatic carbocycles. The number of ether oxygens (including phenoxy) is 1. The van der Waals surface area contributed by atoms with Crippen LogP contribution in [-0.2, 0) is 20.0 Å². The van der Waals surface area contributed by atoms with Crippen molar-refractivity contribution in [2.75, 3.05) is 33.0 Å². The molecule has 0 unspecified atom stereocenters. The van der Waals surface area contributed by atoms with Crippen molar-refractivity contribution < 1.29 is 4.74 Å². The SMILES string of the molecule is COc1cc(N)ncc1CCCN(C)CCCn1cnc2c3ccccc3n(C)c2c1=O. The van der Waals surface area contributed by atoms with Gasteiger partial charge in [-0.1, -0.05) is 18.2 Å². The summed E-state index contributed by atoms with van der Waals surface area (Å²) in [4.78, 5) is 24.1. The summed E-state index contributed by atoms with van der Waals surface area (Å²) in [5.74, 6) is 1.25. The standard InChI is InChI=1S/C24H30N6O2/c1-28(11-6-8-17-15-26-21(25)14-20(17)32-3)12-7-13-30-16-27-22-18-9-4-5-10-19(18)29(2)23(22)24(30)31/h4-5,9-10,14-16H,6-8,11-13H2,1-3H3,(H2,25,26). The molecule has 0 aliphatic heterocycles. The predicted molar refractivity (Wildman–Crippen MR) is 128 cm³/mol. The molecule has 2 N–H and O–H groups in total. The number of methoxy groups -OCH3 is 1. The van der Waals surface area contributed by atoms with E-state index in [1.165, 1.54) is 0 Å². The Morgan fingerprint density at radius 3 is 2.75 bits per heavy atom. The number of fused-ring (bicyclic) bond motifs is 3. The summed E-state index contributed by atoms with van der Waals surface area (Å²) in [5.41, 5.74) is 9.26. The quantitative estimate of drug-likeness (QED) is 0.436. The van der Waals surface area contributed by atoms with E-state index in [0.29, 0.717) is 17.9 Å². The molecule has 32 heavy (non-hydrogen) atoms. The molecule has 3 heterocycles. The van der Waals surface area contributed by atoms with Crippen molar-refractivity contribution >= 4 is 27.8 Å². The highest BCUT2D eigenvalue weighted by Gasteiger charge is 2.14. The molecule has 0 saturated heterocycles. The zero-order valence-electron chi connectivity index (χ0n) is 18.9. The van der Waals surface area contributed by atoms with Gasteiger partial charge in [-0.05, 0) is 45.5 Å². The zero-order valence-corrected chi connectivity index (χ0v) is 18.9. The number of aryl methyl sites for hydroxylation is 3. The Morgan fingerprint density at radius 1 is 1.16 bits per heavy atom. The van der Waals surface area contributed by atoms with Crippen molar-refractivity contribution in [1.29, 1.82) is 0 Å². The molecular formula is C24H30N6O2.